The van der Waals surface area contributed by atoms with Gasteiger partial charge in [0.2, 0.25) is 0 Å². The molecular formula is C23H27N3O2S. The van der Waals surface area contributed by atoms with E-state index >= 15 is 0 Å². The first-order valence-corrected chi connectivity index (χ1v) is 11.6. The van der Waals surface area contributed by atoms with Gasteiger partial charge in [-0.15, -0.1) is 0 Å². The van der Waals surface area contributed by atoms with Gasteiger partial charge in [-0.05, 0) is 61.5 Å². The molecule has 1 saturated heterocycles. The van der Waals surface area contributed by atoms with Gasteiger partial charge in [0.1, 0.15) is 0 Å². The molecule has 1 aliphatic rings. The van der Waals surface area contributed by atoms with Crippen LogP contribution in [0.15, 0.2) is 71.6 Å². The predicted octanol–water partition coefficient (Wildman–Crippen LogP) is 3.61. The molecule has 1 heterocycles. The van der Waals surface area contributed by atoms with E-state index in [1.165, 1.54) is 5.56 Å². The SMILES string of the molecule is NC1CCN(CCc2ccc(NS(=O)(=O)c3cccc4ccccc34)cc2)CC1. The molecule has 29 heavy (non-hydrogen) atoms. The van der Waals surface area contributed by atoms with E-state index < -0.39 is 10.0 Å². The summed E-state index contributed by atoms with van der Waals surface area (Å²) in [5.41, 5.74) is 7.74. The maximum atomic E-state index is 12.9. The summed E-state index contributed by atoms with van der Waals surface area (Å²) in [4.78, 5) is 2.74. The Morgan fingerprint density at radius 3 is 2.38 bits per heavy atom. The minimum Gasteiger partial charge on any atom is -0.328 e. The third-order valence-corrected chi connectivity index (χ3v) is 7.03. The van der Waals surface area contributed by atoms with Gasteiger partial charge in [0.05, 0.1) is 4.90 Å². The van der Waals surface area contributed by atoms with Crippen molar-refractivity contribution in [3.8, 4) is 0 Å². The van der Waals surface area contributed by atoms with Crippen LogP contribution in [0.3, 0.4) is 0 Å². The zero-order valence-corrected chi connectivity index (χ0v) is 17.2. The lowest BCUT2D eigenvalue weighted by atomic mass is 10.1. The molecule has 3 aromatic carbocycles. The molecular weight excluding hydrogens is 382 g/mol. The molecule has 6 heteroatoms. The molecule has 0 unspecified atom stereocenters. The Morgan fingerprint density at radius 2 is 1.62 bits per heavy atom. The highest BCUT2D eigenvalue weighted by molar-refractivity contribution is 7.93. The van der Waals surface area contributed by atoms with Crippen molar-refractivity contribution in [2.75, 3.05) is 24.4 Å². The Balaban J connectivity index is 1.42. The van der Waals surface area contributed by atoms with Crippen LogP contribution in [0.2, 0.25) is 0 Å². The van der Waals surface area contributed by atoms with Gasteiger partial charge < -0.3 is 10.6 Å². The van der Waals surface area contributed by atoms with Gasteiger partial charge >= 0.3 is 0 Å². The molecule has 1 fully saturated rings. The number of hydrogen-bond donors (Lipinski definition) is 2. The van der Waals surface area contributed by atoms with Crippen LogP contribution in [0.4, 0.5) is 5.69 Å². The number of piperidine rings is 1. The van der Waals surface area contributed by atoms with Crippen molar-refractivity contribution in [1.29, 1.82) is 0 Å². The Bertz CT molecular complexity index is 1070. The second-order valence-corrected chi connectivity index (χ2v) is 9.36. The smallest absolute Gasteiger partial charge is 0.262 e. The van der Waals surface area contributed by atoms with E-state index in [9.17, 15) is 8.42 Å². The molecule has 0 aromatic heterocycles. The molecule has 5 nitrogen and oxygen atoms in total. The maximum Gasteiger partial charge on any atom is 0.262 e. The minimum atomic E-state index is -3.66. The van der Waals surface area contributed by atoms with Gasteiger partial charge in [-0.2, -0.15) is 0 Å². The zero-order chi connectivity index (χ0) is 20.3. The Kier molecular flexibility index (Phi) is 5.85. The number of nitrogens with one attached hydrogen (secondary N) is 1. The number of fused-ring (bicyclic) bond motifs is 1. The number of rotatable bonds is 6. The lowest BCUT2D eigenvalue weighted by molar-refractivity contribution is 0.215. The normalized spacial score (nSPS) is 16.2. The summed E-state index contributed by atoms with van der Waals surface area (Å²) < 4.78 is 28.6. The van der Waals surface area contributed by atoms with Crippen molar-refractivity contribution in [3.05, 3.63) is 72.3 Å². The van der Waals surface area contributed by atoms with Crippen LogP contribution in [0.1, 0.15) is 18.4 Å². The molecule has 0 aliphatic carbocycles. The van der Waals surface area contributed by atoms with E-state index in [1.54, 1.807) is 12.1 Å². The van der Waals surface area contributed by atoms with Gasteiger partial charge in [0.25, 0.3) is 10.0 Å². The first kappa shape index (κ1) is 19.9. The fraction of sp³-hybridized carbons (Fsp3) is 0.304. The number of benzene rings is 3. The quantitative estimate of drug-likeness (QED) is 0.652. The summed E-state index contributed by atoms with van der Waals surface area (Å²) in [5, 5.41) is 1.63. The van der Waals surface area contributed by atoms with Gasteiger partial charge in [-0.3, -0.25) is 4.72 Å². The van der Waals surface area contributed by atoms with E-state index in [1.807, 2.05) is 54.6 Å². The summed E-state index contributed by atoms with van der Waals surface area (Å²) in [6, 6.07) is 20.9. The monoisotopic (exact) mass is 409 g/mol. The summed E-state index contributed by atoms with van der Waals surface area (Å²) >= 11 is 0. The molecule has 0 atom stereocenters. The molecule has 1 aliphatic heterocycles. The van der Waals surface area contributed by atoms with Crippen LogP contribution >= 0.6 is 0 Å². The van der Waals surface area contributed by atoms with E-state index in [4.69, 9.17) is 5.73 Å². The molecule has 0 radical (unpaired) electrons. The fourth-order valence-electron chi connectivity index (χ4n) is 3.84. The molecule has 4 rings (SSSR count). The second-order valence-electron chi connectivity index (χ2n) is 7.71. The van der Waals surface area contributed by atoms with Crippen molar-refractivity contribution < 1.29 is 8.42 Å². The van der Waals surface area contributed by atoms with Crippen LogP contribution in [0.25, 0.3) is 10.8 Å². The highest BCUT2D eigenvalue weighted by Crippen LogP contribution is 2.25. The van der Waals surface area contributed by atoms with Crippen LogP contribution in [-0.2, 0) is 16.4 Å². The first-order chi connectivity index (χ1) is 14.0. The molecule has 152 valence electrons. The lowest BCUT2D eigenvalue weighted by Crippen LogP contribution is -2.40. The summed E-state index contributed by atoms with van der Waals surface area (Å²) in [6.07, 6.45) is 3.08. The summed E-state index contributed by atoms with van der Waals surface area (Å²) in [7, 11) is -3.66. The zero-order valence-electron chi connectivity index (χ0n) is 16.4. The maximum absolute atomic E-state index is 12.9. The Hall–Kier alpha value is -2.41. The Morgan fingerprint density at radius 1 is 0.931 bits per heavy atom. The van der Waals surface area contributed by atoms with Gasteiger partial charge in [0.15, 0.2) is 0 Å². The molecule has 0 bridgehead atoms. The molecule has 0 spiro atoms. The third-order valence-electron chi connectivity index (χ3n) is 5.59. The highest BCUT2D eigenvalue weighted by atomic mass is 32.2. The van der Waals surface area contributed by atoms with E-state index in [2.05, 4.69) is 9.62 Å². The van der Waals surface area contributed by atoms with Crippen LogP contribution in [0, 0.1) is 0 Å². The molecule has 3 aromatic rings. The number of sulfonamides is 1. The lowest BCUT2D eigenvalue weighted by Gasteiger charge is -2.29. The molecule has 3 N–H and O–H groups in total. The average molecular weight is 410 g/mol. The van der Waals surface area contributed by atoms with Crippen molar-refractivity contribution in [2.24, 2.45) is 5.73 Å². The minimum absolute atomic E-state index is 0.294. The number of nitrogens with zero attached hydrogens (tertiary/aromatic N) is 1. The third kappa shape index (κ3) is 4.78. The standard InChI is InChI=1S/C23H27N3O2S/c24-20-13-16-26(17-14-20)15-12-18-8-10-21(11-9-18)25-29(27,28)23-7-3-5-19-4-1-2-6-22(19)23/h1-11,20,25H,12-17,24H2. The summed E-state index contributed by atoms with van der Waals surface area (Å²) in [6.45, 7) is 3.13. The van der Waals surface area contributed by atoms with Crippen LogP contribution in [0.5, 0.6) is 0 Å². The van der Waals surface area contributed by atoms with Crippen molar-refractivity contribution in [3.63, 3.8) is 0 Å². The van der Waals surface area contributed by atoms with Crippen molar-refractivity contribution in [1.82, 2.24) is 4.90 Å². The number of nitrogens with two attached hydrogens (primary N) is 1. The average Bonchev–Trinajstić information content (AvgIpc) is 2.74. The highest BCUT2D eigenvalue weighted by Gasteiger charge is 2.18. The Labute approximate surface area is 172 Å². The van der Waals surface area contributed by atoms with Gasteiger partial charge in [-0.1, -0.05) is 48.5 Å². The second kappa shape index (κ2) is 8.53. The molecule has 0 saturated carbocycles. The van der Waals surface area contributed by atoms with Crippen LogP contribution in [-0.4, -0.2) is 39.0 Å². The fourth-order valence-corrected chi connectivity index (χ4v) is 5.13. The number of likely N-dealkylation sites (tertiary alicyclic amines) is 1. The van der Waals surface area contributed by atoms with Crippen LogP contribution < -0.4 is 10.5 Å². The number of hydrogen-bond acceptors (Lipinski definition) is 4. The van der Waals surface area contributed by atoms with E-state index in [0.717, 1.165) is 49.7 Å². The first-order valence-electron chi connectivity index (χ1n) is 10.1. The van der Waals surface area contributed by atoms with E-state index in [-0.39, 0.29) is 0 Å². The predicted molar refractivity (Wildman–Crippen MR) is 119 cm³/mol. The van der Waals surface area contributed by atoms with Crippen molar-refractivity contribution >= 4 is 26.5 Å². The summed E-state index contributed by atoms with van der Waals surface area (Å²) in [5.74, 6) is 0. The van der Waals surface area contributed by atoms with Crippen molar-refractivity contribution in [2.45, 2.75) is 30.2 Å². The topological polar surface area (TPSA) is 75.4 Å². The largest absolute Gasteiger partial charge is 0.328 e. The van der Waals surface area contributed by atoms with Gasteiger partial charge in [0, 0.05) is 23.7 Å². The number of anilines is 1. The van der Waals surface area contributed by atoms with Gasteiger partial charge in [-0.25, -0.2) is 8.42 Å². The molecule has 0 amide bonds. The van der Waals surface area contributed by atoms with E-state index in [0.29, 0.717) is 16.6 Å².